The zero-order valence-corrected chi connectivity index (χ0v) is 15.9. The van der Waals surface area contributed by atoms with Gasteiger partial charge in [0.25, 0.3) is 5.91 Å². The number of nitrogens with zero attached hydrogens (tertiary/aromatic N) is 2. The fourth-order valence-corrected chi connectivity index (χ4v) is 4.81. The van der Waals surface area contributed by atoms with Crippen molar-refractivity contribution in [1.82, 2.24) is 4.57 Å². The Kier molecular flexibility index (Phi) is 4.94. The Hall–Kier alpha value is -1.78. The van der Waals surface area contributed by atoms with Crippen LogP contribution < -0.4 is 9.94 Å². The topological polar surface area (TPSA) is 94.5 Å². The lowest BCUT2D eigenvalue weighted by Gasteiger charge is -2.02. The summed E-state index contributed by atoms with van der Waals surface area (Å²) in [6.07, 6.45) is 1.67. The molecule has 2 N–H and O–H groups in total. The van der Waals surface area contributed by atoms with Crippen LogP contribution in [-0.4, -0.2) is 18.9 Å². The van der Waals surface area contributed by atoms with Crippen molar-refractivity contribution < 1.29 is 13.2 Å². The molecular formula is C15H12ClN3O3S3. The molecule has 0 saturated carbocycles. The summed E-state index contributed by atoms with van der Waals surface area (Å²) < 4.78 is 26.0. The van der Waals surface area contributed by atoms with E-state index in [0.29, 0.717) is 25.3 Å². The minimum absolute atomic E-state index is 0.00918. The van der Waals surface area contributed by atoms with Gasteiger partial charge in [0, 0.05) is 6.54 Å². The molecule has 0 aliphatic heterocycles. The molecular weight excluding hydrogens is 402 g/mol. The van der Waals surface area contributed by atoms with Crippen LogP contribution in [0, 0.1) is 0 Å². The highest BCUT2D eigenvalue weighted by molar-refractivity contribution is 7.89. The number of carbonyl (C=O) groups is 1. The standard InChI is InChI=1S/C15H12ClN3O3S3/c1-2-7-19-10-4-3-9(25(17,21)22)8-12(10)24-15(19)18-14(20)11-5-6-13(16)23-11/h2-6,8H,1,7H2,(H2,17,21,22). The molecule has 2 heterocycles. The number of thiophene rings is 1. The first-order valence-corrected chi connectivity index (χ1v) is 10.5. The number of hydrogen-bond donors (Lipinski definition) is 1. The van der Waals surface area contributed by atoms with E-state index in [1.807, 2.05) is 0 Å². The van der Waals surface area contributed by atoms with Gasteiger partial charge in [0.15, 0.2) is 4.80 Å². The van der Waals surface area contributed by atoms with Crippen LogP contribution in [0.4, 0.5) is 0 Å². The third-order valence-electron chi connectivity index (χ3n) is 3.28. The molecule has 0 saturated heterocycles. The van der Waals surface area contributed by atoms with Crippen LogP contribution in [-0.2, 0) is 16.6 Å². The summed E-state index contributed by atoms with van der Waals surface area (Å²) in [5.41, 5.74) is 0.744. The fraction of sp³-hybridized carbons (Fsp3) is 0.0667. The second kappa shape index (κ2) is 6.85. The van der Waals surface area contributed by atoms with E-state index in [-0.39, 0.29) is 4.90 Å². The normalized spacial score (nSPS) is 12.6. The lowest BCUT2D eigenvalue weighted by Crippen LogP contribution is -2.16. The number of carbonyl (C=O) groups excluding carboxylic acids is 1. The summed E-state index contributed by atoms with van der Waals surface area (Å²) in [4.78, 5) is 17.4. The molecule has 0 unspecified atom stereocenters. The summed E-state index contributed by atoms with van der Waals surface area (Å²) in [6, 6.07) is 7.79. The highest BCUT2D eigenvalue weighted by Gasteiger charge is 2.13. The van der Waals surface area contributed by atoms with Crippen molar-refractivity contribution in [3.8, 4) is 0 Å². The van der Waals surface area contributed by atoms with E-state index in [1.165, 1.54) is 23.5 Å². The smallest absolute Gasteiger partial charge is 0.289 e. The predicted molar refractivity (Wildman–Crippen MR) is 101 cm³/mol. The van der Waals surface area contributed by atoms with Gasteiger partial charge in [-0.2, -0.15) is 4.99 Å². The number of amides is 1. The lowest BCUT2D eigenvalue weighted by molar-refractivity contribution is 0.100. The number of sulfonamides is 1. The van der Waals surface area contributed by atoms with Gasteiger partial charge in [0.05, 0.1) is 24.3 Å². The maximum atomic E-state index is 12.3. The second-order valence-electron chi connectivity index (χ2n) is 4.98. The number of allylic oxidation sites excluding steroid dienone is 1. The van der Waals surface area contributed by atoms with Crippen molar-refractivity contribution in [2.45, 2.75) is 11.4 Å². The Labute approximate surface area is 156 Å². The maximum Gasteiger partial charge on any atom is 0.289 e. The molecule has 0 spiro atoms. The number of aromatic nitrogens is 1. The first-order valence-electron chi connectivity index (χ1n) is 6.91. The number of benzene rings is 1. The maximum absolute atomic E-state index is 12.3. The third kappa shape index (κ3) is 3.75. The molecule has 1 amide bonds. The number of rotatable bonds is 4. The summed E-state index contributed by atoms with van der Waals surface area (Å²) in [7, 11) is -3.81. The molecule has 6 nitrogen and oxygen atoms in total. The SMILES string of the molecule is C=CCn1c(=NC(=O)c2ccc(Cl)s2)sc2cc(S(N)(=O)=O)ccc21. The molecule has 0 radical (unpaired) electrons. The summed E-state index contributed by atoms with van der Waals surface area (Å²) in [5.74, 6) is -0.409. The Bertz CT molecular complexity index is 1160. The van der Waals surface area contributed by atoms with Crippen LogP contribution in [0.2, 0.25) is 4.34 Å². The summed E-state index contributed by atoms with van der Waals surface area (Å²) in [6.45, 7) is 4.13. The molecule has 25 heavy (non-hydrogen) atoms. The number of thiazole rings is 1. The molecule has 0 bridgehead atoms. The minimum Gasteiger partial charge on any atom is -0.312 e. The van der Waals surface area contributed by atoms with Crippen LogP contribution in [0.5, 0.6) is 0 Å². The van der Waals surface area contributed by atoms with E-state index in [2.05, 4.69) is 11.6 Å². The molecule has 3 rings (SSSR count). The van der Waals surface area contributed by atoms with Gasteiger partial charge in [-0.3, -0.25) is 4.79 Å². The monoisotopic (exact) mass is 413 g/mol. The number of halogens is 1. The van der Waals surface area contributed by atoms with E-state index in [9.17, 15) is 13.2 Å². The van der Waals surface area contributed by atoms with Gasteiger partial charge in [0.1, 0.15) is 0 Å². The molecule has 130 valence electrons. The highest BCUT2D eigenvalue weighted by Crippen LogP contribution is 2.23. The van der Waals surface area contributed by atoms with Crippen LogP contribution in [0.15, 0.2) is 52.9 Å². The van der Waals surface area contributed by atoms with Crippen LogP contribution in [0.1, 0.15) is 9.67 Å². The largest absolute Gasteiger partial charge is 0.312 e. The van der Waals surface area contributed by atoms with Gasteiger partial charge in [0.2, 0.25) is 10.0 Å². The van der Waals surface area contributed by atoms with E-state index in [0.717, 1.165) is 16.9 Å². The molecule has 3 aromatic rings. The minimum atomic E-state index is -3.81. The Morgan fingerprint density at radius 1 is 1.32 bits per heavy atom. The van der Waals surface area contributed by atoms with Crippen molar-refractivity contribution in [3.05, 3.63) is 57.0 Å². The van der Waals surface area contributed by atoms with Crippen molar-refractivity contribution in [3.63, 3.8) is 0 Å². The average Bonchev–Trinajstić information content (AvgIpc) is 3.11. The molecule has 2 aromatic heterocycles. The van der Waals surface area contributed by atoms with Gasteiger partial charge in [-0.1, -0.05) is 29.0 Å². The van der Waals surface area contributed by atoms with Gasteiger partial charge in [-0.15, -0.1) is 17.9 Å². The third-order valence-corrected chi connectivity index (χ3v) is 6.45. The second-order valence-corrected chi connectivity index (χ2v) is 9.26. The molecule has 0 aliphatic carbocycles. The molecule has 0 fully saturated rings. The van der Waals surface area contributed by atoms with E-state index in [4.69, 9.17) is 16.7 Å². The van der Waals surface area contributed by atoms with Crippen LogP contribution in [0.3, 0.4) is 0 Å². The molecule has 10 heteroatoms. The predicted octanol–water partition coefficient (Wildman–Crippen LogP) is 2.99. The zero-order chi connectivity index (χ0) is 18.2. The van der Waals surface area contributed by atoms with Crippen molar-refractivity contribution in [1.29, 1.82) is 0 Å². The number of primary sulfonamides is 1. The van der Waals surface area contributed by atoms with Crippen LogP contribution in [0.25, 0.3) is 10.2 Å². The number of hydrogen-bond acceptors (Lipinski definition) is 5. The van der Waals surface area contributed by atoms with Gasteiger partial charge < -0.3 is 4.57 Å². The van der Waals surface area contributed by atoms with Crippen molar-refractivity contribution in [2.75, 3.05) is 0 Å². The molecule has 1 aromatic carbocycles. The summed E-state index contributed by atoms with van der Waals surface area (Å²) in [5, 5.41) is 5.18. The Balaban J connectivity index is 2.19. The van der Waals surface area contributed by atoms with Crippen LogP contribution >= 0.6 is 34.3 Å². The van der Waals surface area contributed by atoms with Gasteiger partial charge in [-0.05, 0) is 30.3 Å². The first-order chi connectivity index (χ1) is 11.8. The fourth-order valence-electron chi connectivity index (χ4n) is 2.19. The molecule has 0 atom stereocenters. The van der Waals surface area contributed by atoms with Crippen molar-refractivity contribution >= 4 is 60.4 Å². The lowest BCUT2D eigenvalue weighted by atomic mass is 10.3. The highest BCUT2D eigenvalue weighted by atomic mass is 35.5. The van der Waals surface area contributed by atoms with E-state index >= 15 is 0 Å². The quantitative estimate of drug-likeness (QED) is 0.666. The van der Waals surface area contributed by atoms with E-state index in [1.54, 1.807) is 28.8 Å². The van der Waals surface area contributed by atoms with E-state index < -0.39 is 15.9 Å². The number of nitrogens with two attached hydrogens (primary N) is 1. The Morgan fingerprint density at radius 2 is 2.08 bits per heavy atom. The summed E-state index contributed by atoms with van der Waals surface area (Å²) >= 11 is 8.20. The zero-order valence-electron chi connectivity index (χ0n) is 12.7. The van der Waals surface area contributed by atoms with Gasteiger partial charge in [-0.25, -0.2) is 13.6 Å². The molecule has 0 aliphatic rings. The Morgan fingerprint density at radius 3 is 2.68 bits per heavy atom. The van der Waals surface area contributed by atoms with Gasteiger partial charge >= 0.3 is 0 Å². The number of fused-ring (bicyclic) bond motifs is 1. The van der Waals surface area contributed by atoms with Crippen molar-refractivity contribution in [2.24, 2.45) is 10.1 Å². The first kappa shape index (κ1) is 18.0. The average molecular weight is 414 g/mol.